The molecule has 1 amide bonds. The Hall–Kier alpha value is -3.61. The molecular formula is C20H19N3O4. The van der Waals surface area contributed by atoms with E-state index in [0.29, 0.717) is 17.0 Å². The summed E-state index contributed by atoms with van der Waals surface area (Å²) in [6, 6.07) is 15.7. The molecule has 1 N–H and O–H groups in total. The topological polar surface area (TPSA) is 82.5 Å². The number of carbonyl (C=O) groups is 2. The molecule has 0 unspecified atom stereocenters. The van der Waals surface area contributed by atoms with Crippen LogP contribution in [-0.2, 0) is 9.53 Å². The number of methoxy groups -OCH3 is 1. The number of aryl methyl sites for hydroxylation is 1. The fourth-order valence-electron chi connectivity index (χ4n) is 2.53. The van der Waals surface area contributed by atoms with Gasteiger partial charge in [0.1, 0.15) is 5.75 Å². The van der Waals surface area contributed by atoms with E-state index in [1.54, 1.807) is 59.4 Å². The van der Waals surface area contributed by atoms with Gasteiger partial charge in [-0.05, 0) is 49.4 Å². The quantitative estimate of drug-likeness (QED) is 0.679. The Bertz CT molecular complexity index is 948. The normalized spacial score (nSPS) is 10.3. The van der Waals surface area contributed by atoms with E-state index in [1.165, 1.54) is 7.11 Å². The Balaban J connectivity index is 1.57. The summed E-state index contributed by atoms with van der Waals surface area (Å²) in [6.45, 7) is 1.55. The molecule has 1 heterocycles. The number of ether oxygens (including phenoxy) is 2. The van der Waals surface area contributed by atoms with Crippen LogP contribution in [0.1, 0.15) is 16.1 Å². The minimum Gasteiger partial charge on any atom is -0.495 e. The van der Waals surface area contributed by atoms with Gasteiger partial charge in [0.25, 0.3) is 5.91 Å². The van der Waals surface area contributed by atoms with Crippen molar-refractivity contribution in [3.05, 3.63) is 72.1 Å². The molecule has 27 heavy (non-hydrogen) atoms. The molecule has 0 fully saturated rings. The van der Waals surface area contributed by atoms with Gasteiger partial charge in [0.2, 0.25) is 0 Å². The zero-order valence-corrected chi connectivity index (χ0v) is 15.0. The third-order valence-electron chi connectivity index (χ3n) is 3.89. The summed E-state index contributed by atoms with van der Waals surface area (Å²) >= 11 is 0. The molecule has 0 bridgehead atoms. The highest BCUT2D eigenvalue weighted by Crippen LogP contribution is 2.22. The molecule has 1 aromatic heterocycles. The zero-order chi connectivity index (χ0) is 19.2. The van der Waals surface area contributed by atoms with Gasteiger partial charge in [0, 0.05) is 11.9 Å². The Morgan fingerprint density at radius 3 is 2.48 bits per heavy atom. The van der Waals surface area contributed by atoms with Crippen LogP contribution < -0.4 is 10.1 Å². The fraction of sp³-hybridized carbons (Fsp3) is 0.150. The van der Waals surface area contributed by atoms with Crippen LogP contribution in [0, 0.1) is 6.92 Å². The Morgan fingerprint density at radius 2 is 1.81 bits per heavy atom. The number of anilines is 1. The van der Waals surface area contributed by atoms with Crippen LogP contribution in [0.25, 0.3) is 5.69 Å². The van der Waals surface area contributed by atoms with Crippen LogP contribution in [0.2, 0.25) is 0 Å². The van der Waals surface area contributed by atoms with E-state index in [9.17, 15) is 9.59 Å². The summed E-state index contributed by atoms with van der Waals surface area (Å²) in [5, 5.41) is 6.86. The van der Waals surface area contributed by atoms with Crippen molar-refractivity contribution in [2.24, 2.45) is 0 Å². The highest BCUT2D eigenvalue weighted by molar-refractivity contribution is 5.96. The largest absolute Gasteiger partial charge is 0.495 e. The van der Waals surface area contributed by atoms with Crippen LogP contribution in [0.5, 0.6) is 5.75 Å². The molecule has 7 heteroatoms. The van der Waals surface area contributed by atoms with E-state index in [2.05, 4.69) is 10.4 Å². The van der Waals surface area contributed by atoms with Gasteiger partial charge >= 0.3 is 5.97 Å². The standard InChI is InChI=1S/C20H19N3O4/c1-14-11-12-21-23(14)16-9-7-15(8-10-16)20(25)27-13-19(24)22-17-5-3-4-6-18(17)26-2/h3-12H,13H2,1-2H3,(H,22,24). The van der Waals surface area contributed by atoms with Crippen LogP contribution in [0.4, 0.5) is 5.69 Å². The first-order valence-electron chi connectivity index (χ1n) is 8.29. The second kappa shape index (κ2) is 8.18. The molecule has 7 nitrogen and oxygen atoms in total. The number of benzene rings is 2. The van der Waals surface area contributed by atoms with Gasteiger partial charge in [-0.15, -0.1) is 0 Å². The lowest BCUT2D eigenvalue weighted by Gasteiger charge is -2.10. The van der Waals surface area contributed by atoms with Crippen LogP contribution in [0.3, 0.4) is 0 Å². The monoisotopic (exact) mass is 365 g/mol. The second-order valence-electron chi connectivity index (χ2n) is 5.76. The summed E-state index contributed by atoms with van der Waals surface area (Å²) in [5.41, 5.74) is 2.69. The minimum atomic E-state index is -0.575. The molecule has 0 saturated carbocycles. The van der Waals surface area contributed by atoms with E-state index in [-0.39, 0.29) is 0 Å². The first kappa shape index (κ1) is 18.2. The number of nitrogens with one attached hydrogen (secondary N) is 1. The fourth-order valence-corrected chi connectivity index (χ4v) is 2.53. The highest BCUT2D eigenvalue weighted by atomic mass is 16.5. The van der Waals surface area contributed by atoms with E-state index in [1.807, 2.05) is 13.0 Å². The number of nitrogens with zero attached hydrogens (tertiary/aromatic N) is 2. The predicted octanol–water partition coefficient (Wildman–Crippen LogP) is 2.98. The Kier molecular flexibility index (Phi) is 5.51. The molecule has 0 aliphatic rings. The molecule has 2 aromatic carbocycles. The van der Waals surface area contributed by atoms with E-state index in [0.717, 1.165) is 11.4 Å². The number of carbonyl (C=O) groups excluding carboxylic acids is 2. The van der Waals surface area contributed by atoms with Crippen LogP contribution in [-0.4, -0.2) is 35.4 Å². The average molecular weight is 365 g/mol. The Morgan fingerprint density at radius 1 is 1.07 bits per heavy atom. The number of esters is 1. The number of amides is 1. The lowest BCUT2D eigenvalue weighted by atomic mass is 10.2. The highest BCUT2D eigenvalue weighted by Gasteiger charge is 2.12. The number of hydrogen-bond donors (Lipinski definition) is 1. The van der Waals surface area contributed by atoms with Gasteiger partial charge < -0.3 is 14.8 Å². The summed E-state index contributed by atoms with van der Waals surface area (Å²) in [5.74, 6) is -0.493. The number of para-hydroxylation sites is 2. The van der Waals surface area contributed by atoms with Gasteiger partial charge in [0.05, 0.1) is 24.0 Å². The number of hydrogen-bond acceptors (Lipinski definition) is 5. The van der Waals surface area contributed by atoms with Gasteiger partial charge in [-0.2, -0.15) is 5.10 Å². The van der Waals surface area contributed by atoms with Crippen molar-refractivity contribution in [1.82, 2.24) is 9.78 Å². The molecule has 3 rings (SSSR count). The third-order valence-corrected chi connectivity index (χ3v) is 3.89. The second-order valence-corrected chi connectivity index (χ2v) is 5.76. The maximum absolute atomic E-state index is 12.1. The summed E-state index contributed by atoms with van der Waals surface area (Å²) in [4.78, 5) is 24.1. The van der Waals surface area contributed by atoms with E-state index < -0.39 is 18.5 Å². The first-order chi connectivity index (χ1) is 13.1. The third kappa shape index (κ3) is 4.33. The van der Waals surface area contributed by atoms with Crippen molar-refractivity contribution in [2.75, 3.05) is 19.0 Å². The zero-order valence-electron chi connectivity index (χ0n) is 15.0. The van der Waals surface area contributed by atoms with Gasteiger partial charge in [0.15, 0.2) is 6.61 Å². The van der Waals surface area contributed by atoms with Crippen molar-refractivity contribution < 1.29 is 19.1 Å². The molecule has 0 spiro atoms. The molecule has 0 saturated heterocycles. The molecule has 138 valence electrons. The lowest BCUT2D eigenvalue weighted by Crippen LogP contribution is -2.21. The van der Waals surface area contributed by atoms with Crippen molar-refractivity contribution in [3.8, 4) is 11.4 Å². The van der Waals surface area contributed by atoms with E-state index >= 15 is 0 Å². The molecule has 0 aliphatic carbocycles. The summed E-state index contributed by atoms with van der Waals surface area (Å²) < 4.78 is 12.0. The van der Waals surface area contributed by atoms with Gasteiger partial charge in [-0.1, -0.05) is 12.1 Å². The predicted molar refractivity (Wildman–Crippen MR) is 100 cm³/mol. The van der Waals surface area contributed by atoms with E-state index in [4.69, 9.17) is 9.47 Å². The molecule has 0 radical (unpaired) electrons. The molecule has 0 atom stereocenters. The van der Waals surface area contributed by atoms with Crippen LogP contribution in [0.15, 0.2) is 60.8 Å². The summed E-state index contributed by atoms with van der Waals surface area (Å²) in [7, 11) is 1.51. The molecule has 3 aromatic rings. The maximum Gasteiger partial charge on any atom is 0.338 e. The smallest absolute Gasteiger partial charge is 0.338 e. The number of rotatable bonds is 6. The van der Waals surface area contributed by atoms with Crippen molar-refractivity contribution >= 4 is 17.6 Å². The molecule has 0 aliphatic heterocycles. The molecular weight excluding hydrogens is 346 g/mol. The minimum absolute atomic E-state index is 0.355. The van der Waals surface area contributed by atoms with Crippen molar-refractivity contribution in [3.63, 3.8) is 0 Å². The maximum atomic E-state index is 12.1. The summed E-state index contributed by atoms with van der Waals surface area (Å²) in [6.07, 6.45) is 1.71. The Labute approximate surface area is 156 Å². The SMILES string of the molecule is COc1ccccc1NC(=O)COC(=O)c1ccc(-n2nccc2C)cc1. The van der Waals surface area contributed by atoms with Gasteiger partial charge in [-0.3, -0.25) is 4.79 Å². The average Bonchev–Trinajstić information content (AvgIpc) is 3.12. The lowest BCUT2D eigenvalue weighted by molar-refractivity contribution is -0.119. The first-order valence-corrected chi connectivity index (χ1v) is 8.29. The van der Waals surface area contributed by atoms with Gasteiger partial charge in [-0.25, -0.2) is 9.48 Å². The van der Waals surface area contributed by atoms with Crippen molar-refractivity contribution in [1.29, 1.82) is 0 Å². The van der Waals surface area contributed by atoms with Crippen molar-refractivity contribution in [2.45, 2.75) is 6.92 Å². The number of aromatic nitrogens is 2. The van der Waals surface area contributed by atoms with Crippen LogP contribution >= 0.6 is 0 Å².